The molecule has 0 aromatic rings. The quantitative estimate of drug-likeness (QED) is 0.723. The highest BCUT2D eigenvalue weighted by Gasteiger charge is 2.29. The smallest absolute Gasteiger partial charge is 0.443 e. The Morgan fingerprint density at radius 2 is 1.41 bits per heavy atom. The van der Waals surface area contributed by atoms with Gasteiger partial charge in [0, 0.05) is 0 Å². The van der Waals surface area contributed by atoms with Gasteiger partial charge in [0.2, 0.25) is 10.0 Å². The lowest BCUT2D eigenvalue weighted by molar-refractivity contribution is -0.0102. The molecule has 0 aromatic heterocycles. The molecule has 1 amide bonds. The summed E-state index contributed by atoms with van der Waals surface area (Å²) in [6.45, 7) is 9.15. The molecule has 0 aliphatic carbocycles. The summed E-state index contributed by atoms with van der Waals surface area (Å²) in [5.74, 6) is 0. The summed E-state index contributed by atoms with van der Waals surface area (Å²) in [5, 5.41) is 0. The molecule has 0 fully saturated rings. The Kier molecular flexibility index (Phi) is 6.68. The van der Waals surface area contributed by atoms with E-state index in [0.29, 0.717) is 4.31 Å². The third kappa shape index (κ3) is 9.43. The number of ether oxygens (including phenoxy) is 3. The first-order chi connectivity index (χ1) is 9.62. The van der Waals surface area contributed by atoms with E-state index in [-0.39, 0.29) is 13.2 Å². The van der Waals surface area contributed by atoms with Crippen molar-refractivity contribution in [2.45, 2.75) is 52.7 Å². The molecule has 0 heterocycles. The van der Waals surface area contributed by atoms with Crippen LogP contribution < -0.4 is 0 Å². The van der Waals surface area contributed by atoms with Gasteiger partial charge in [0.25, 0.3) is 0 Å². The molecule has 0 aromatic carbocycles. The zero-order valence-corrected chi connectivity index (χ0v) is 14.9. The lowest BCUT2D eigenvalue weighted by atomic mass is 10.2. The van der Waals surface area contributed by atoms with E-state index >= 15 is 0 Å². The van der Waals surface area contributed by atoms with Crippen molar-refractivity contribution in [3.8, 4) is 0 Å². The number of nitrogens with zero attached hydrogens (tertiary/aromatic N) is 1. The Balaban J connectivity index is 4.65. The predicted molar refractivity (Wildman–Crippen MR) is 80.0 cm³/mol. The van der Waals surface area contributed by atoms with Crippen molar-refractivity contribution in [2.75, 3.05) is 19.4 Å². The Morgan fingerprint density at radius 1 is 0.955 bits per heavy atom. The van der Waals surface area contributed by atoms with Gasteiger partial charge in [-0.05, 0) is 41.5 Å². The van der Waals surface area contributed by atoms with Crippen molar-refractivity contribution < 1.29 is 32.2 Å². The maximum absolute atomic E-state index is 11.9. The SMILES string of the molecule is CC(C)(C)OC(=O)OCCN(C(=O)OC(C)(C)C)S(C)(=O)=O. The van der Waals surface area contributed by atoms with Crippen LogP contribution in [0.3, 0.4) is 0 Å². The van der Waals surface area contributed by atoms with Crippen LogP contribution >= 0.6 is 0 Å². The topological polar surface area (TPSA) is 99.2 Å². The Hall–Kier alpha value is -1.51. The van der Waals surface area contributed by atoms with Crippen molar-refractivity contribution in [1.29, 1.82) is 0 Å². The molecule has 22 heavy (non-hydrogen) atoms. The molecule has 0 atom stereocenters. The van der Waals surface area contributed by atoms with E-state index in [0.717, 1.165) is 6.26 Å². The number of sulfonamides is 1. The van der Waals surface area contributed by atoms with Gasteiger partial charge in [0.1, 0.15) is 17.8 Å². The Bertz CT molecular complexity index is 499. The molecule has 0 bridgehead atoms. The van der Waals surface area contributed by atoms with E-state index in [1.54, 1.807) is 41.5 Å². The number of amides is 1. The van der Waals surface area contributed by atoms with Crippen LogP contribution in [0.5, 0.6) is 0 Å². The largest absolute Gasteiger partial charge is 0.508 e. The molecule has 0 saturated carbocycles. The second-order valence-corrected chi connectivity index (χ2v) is 8.54. The van der Waals surface area contributed by atoms with Crippen LogP contribution in [-0.2, 0) is 24.2 Å². The third-order valence-electron chi connectivity index (χ3n) is 1.90. The third-order valence-corrected chi connectivity index (χ3v) is 3.03. The van der Waals surface area contributed by atoms with Crippen LogP contribution in [0.2, 0.25) is 0 Å². The lowest BCUT2D eigenvalue weighted by Crippen LogP contribution is -2.42. The first-order valence-electron chi connectivity index (χ1n) is 6.68. The molecule has 0 spiro atoms. The molecule has 0 rings (SSSR count). The minimum atomic E-state index is -3.84. The summed E-state index contributed by atoms with van der Waals surface area (Å²) in [5.41, 5.74) is -1.56. The number of carbonyl (C=O) groups excluding carboxylic acids is 2. The zero-order chi connectivity index (χ0) is 17.8. The molecule has 0 saturated heterocycles. The average molecular weight is 339 g/mol. The van der Waals surface area contributed by atoms with E-state index in [1.165, 1.54) is 0 Å². The van der Waals surface area contributed by atoms with Crippen molar-refractivity contribution in [1.82, 2.24) is 4.31 Å². The van der Waals surface area contributed by atoms with Crippen molar-refractivity contribution in [2.24, 2.45) is 0 Å². The summed E-state index contributed by atoms with van der Waals surface area (Å²) in [6, 6.07) is 0. The molecule has 0 N–H and O–H groups in total. The minimum Gasteiger partial charge on any atom is -0.443 e. The van der Waals surface area contributed by atoms with Gasteiger partial charge in [-0.15, -0.1) is 0 Å². The summed E-state index contributed by atoms with van der Waals surface area (Å²) >= 11 is 0. The molecular formula is C13H25NO7S. The van der Waals surface area contributed by atoms with Crippen LogP contribution in [0.25, 0.3) is 0 Å². The molecule has 0 aliphatic rings. The van der Waals surface area contributed by atoms with Crippen LogP contribution in [0.4, 0.5) is 9.59 Å². The first-order valence-corrected chi connectivity index (χ1v) is 8.53. The van der Waals surface area contributed by atoms with Gasteiger partial charge < -0.3 is 14.2 Å². The first kappa shape index (κ1) is 20.5. The van der Waals surface area contributed by atoms with Gasteiger partial charge in [-0.2, -0.15) is 0 Å². The fourth-order valence-corrected chi connectivity index (χ4v) is 1.91. The Labute approximate surface area is 131 Å². The summed E-state index contributed by atoms with van der Waals surface area (Å²) < 4.78 is 38.4. The summed E-state index contributed by atoms with van der Waals surface area (Å²) in [4.78, 5) is 23.2. The van der Waals surface area contributed by atoms with Crippen LogP contribution in [-0.4, -0.2) is 55.6 Å². The molecule has 8 nitrogen and oxygen atoms in total. The van der Waals surface area contributed by atoms with E-state index in [4.69, 9.17) is 14.2 Å². The van der Waals surface area contributed by atoms with Gasteiger partial charge in [0.05, 0.1) is 12.8 Å². The van der Waals surface area contributed by atoms with E-state index in [9.17, 15) is 18.0 Å². The molecule has 130 valence electrons. The highest BCUT2D eigenvalue weighted by atomic mass is 32.2. The molecular weight excluding hydrogens is 314 g/mol. The van der Waals surface area contributed by atoms with Crippen molar-refractivity contribution >= 4 is 22.3 Å². The zero-order valence-electron chi connectivity index (χ0n) is 14.1. The van der Waals surface area contributed by atoms with E-state index in [2.05, 4.69) is 0 Å². The summed E-state index contributed by atoms with van der Waals surface area (Å²) in [6.07, 6.45) is -1.10. The molecule has 0 unspecified atom stereocenters. The lowest BCUT2D eigenvalue weighted by Gasteiger charge is -2.26. The Morgan fingerprint density at radius 3 is 1.77 bits per heavy atom. The van der Waals surface area contributed by atoms with Gasteiger partial charge in [-0.25, -0.2) is 22.3 Å². The minimum absolute atomic E-state index is 0.332. The maximum atomic E-state index is 11.9. The predicted octanol–water partition coefficient (Wildman–Crippen LogP) is 2.13. The highest BCUT2D eigenvalue weighted by molar-refractivity contribution is 7.88. The van der Waals surface area contributed by atoms with Crippen molar-refractivity contribution in [3.63, 3.8) is 0 Å². The number of hydrogen-bond acceptors (Lipinski definition) is 7. The van der Waals surface area contributed by atoms with Crippen LogP contribution in [0.1, 0.15) is 41.5 Å². The monoisotopic (exact) mass is 339 g/mol. The second-order valence-electron chi connectivity index (χ2n) is 6.63. The highest BCUT2D eigenvalue weighted by Crippen LogP contribution is 2.12. The second kappa shape index (κ2) is 7.17. The van der Waals surface area contributed by atoms with Crippen LogP contribution in [0.15, 0.2) is 0 Å². The van der Waals surface area contributed by atoms with Gasteiger partial charge >= 0.3 is 12.2 Å². The standard InChI is InChI=1S/C13H25NO7S/c1-12(2,3)20-10(15)14(22(7,17)18)8-9-19-11(16)21-13(4,5)6/h8-9H2,1-7H3. The normalized spacial score (nSPS) is 12.5. The van der Waals surface area contributed by atoms with E-state index < -0.39 is 33.5 Å². The molecule has 0 aliphatic heterocycles. The van der Waals surface area contributed by atoms with Crippen LogP contribution in [0, 0.1) is 0 Å². The molecule has 9 heteroatoms. The molecule has 0 radical (unpaired) electrons. The fraction of sp³-hybridized carbons (Fsp3) is 0.846. The van der Waals surface area contributed by atoms with Gasteiger partial charge in [0.15, 0.2) is 0 Å². The van der Waals surface area contributed by atoms with Gasteiger partial charge in [-0.1, -0.05) is 0 Å². The van der Waals surface area contributed by atoms with Gasteiger partial charge in [-0.3, -0.25) is 0 Å². The maximum Gasteiger partial charge on any atom is 0.508 e. The van der Waals surface area contributed by atoms with Crippen molar-refractivity contribution in [3.05, 3.63) is 0 Å². The van der Waals surface area contributed by atoms with E-state index in [1.807, 2.05) is 0 Å². The number of carbonyl (C=O) groups is 2. The number of rotatable bonds is 4. The summed E-state index contributed by atoms with van der Waals surface area (Å²) in [7, 11) is -3.84. The fourth-order valence-electron chi connectivity index (χ4n) is 1.20. The average Bonchev–Trinajstić information content (AvgIpc) is 2.16. The number of hydrogen-bond donors (Lipinski definition) is 0.